The number of rotatable bonds is 7. The van der Waals surface area contributed by atoms with Gasteiger partial charge in [-0.25, -0.2) is 4.39 Å². The normalized spacial score (nSPS) is 11.0. The maximum atomic E-state index is 14.0. The number of anilines is 1. The first-order valence-electron chi connectivity index (χ1n) is 6.32. The monoisotopic (exact) mass is 272 g/mol. The molecule has 0 fully saturated rings. The van der Waals surface area contributed by atoms with Gasteiger partial charge in [0, 0.05) is 25.5 Å². The van der Waals surface area contributed by atoms with Crippen LogP contribution in [0.25, 0.3) is 0 Å². The molecule has 0 bridgehead atoms. The lowest BCUT2D eigenvalue weighted by molar-refractivity contribution is 0.412. The molecule has 0 aliphatic rings. The number of hydrogen-bond acceptors (Lipinski definition) is 2. The topological polar surface area (TPSA) is 6.48 Å². The van der Waals surface area contributed by atoms with Crippen LogP contribution in [0, 0.1) is 5.82 Å². The Kier molecular flexibility index (Phi) is 6.44. The molecule has 2 nitrogen and oxygen atoms in total. The lowest BCUT2D eigenvalue weighted by Crippen LogP contribution is -2.32. The summed E-state index contributed by atoms with van der Waals surface area (Å²) < 4.78 is 14.0. The highest BCUT2D eigenvalue weighted by molar-refractivity contribution is 6.17. The standard InChI is InChI=1S/C14H22ClFN2/c1-4-7-18(9-8-17(2)3)14-6-5-12(11-15)10-13(14)16/h5-6,10H,4,7-9,11H2,1-3H3. The van der Waals surface area contributed by atoms with E-state index in [0.717, 1.165) is 31.6 Å². The van der Waals surface area contributed by atoms with Crippen molar-refractivity contribution in [2.45, 2.75) is 19.2 Å². The van der Waals surface area contributed by atoms with Crippen molar-refractivity contribution >= 4 is 17.3 Å². The molecule has 1 aromatic rings. The van der Waals surface area contributed by atoms with Crippen molar-refractivity contribution in [1.82, 2.24) is 4.90 Å². The summed E-state index contributed by atoms with van der Waals surface area (Å²) in [5.41, 5.74) is 1.49. The largest absolute Gasteiger partial charge is 0.368 e. The molecule has 0 N–H and O–H groups in total. The van der Waals surface area contributed by atoms with Crippen molar-refractivity contribution < 1.29 is 4.39 Å². The van der Waals surface area contributed by atoms with Crippen LogP contribution in [-0.4, -0.2) is 38.6 Å². The van der Waals surface area contributed by atoms with Gasteiger partial charge in [-0.2, -0.15) is 0 Å². The van der Waals surface area contributed by atoms with E-state index in [1.807, 2.05) is 26.2 Å². The van der Waals surface area contributed by atoms with E-state index in [9.17, 15) is 4.39 Å². The molecule has 0 amide bonds. The predicted octanol–water partition coefficient (Wildman–Crippen LogP) is 3.34. The molecule has 18 heavy (non-hydrogen) atoms. The maximum Gasteiger partial charge on any atom is 0.146 e. The van der Waals surface area contributed by atoms with Gasteiger partial charge in [-0.3, -0.25) is 0 Å². The average Bonchev–Trinajstić information content (AvgIpc) is 2.34. The summed E-state index contributed by atoms with van der Waals surface area (Å²) in [5.74, 6) is 0.170. The van der Waals surface area contributed by atoms with E-state index >= 15 is 0 Å². The molecule has 4 heteroatoms. The summed E-state index contributed by atoms with van der Waals surface area (Å²) in [5, 5.41) is 0. The van der Waals surface area contributed by atoms with Gasteiger partial charge in [-0.15, -0.1) is 11.6 Å². The molecular weight excluding hydrogens is 251 g/mol. The molecule has 1 aromatic carbocycles. The molecule has 1 rings (SSSR count). The van der Waals surface area contributed by atoms with Crippen LogP contribution >= 0.6 is 11.6 Å². The molecule has 0 heterocycles. The van der Waals surface area contributed by atoms with Gasteiger partial charge < -0.3 is 9.80 Å². The Hall–Kier alpha value is -0.800. The van der Waals surface area contributed by atoms with Gasteiger partial charge in [0.1, 0.15) is 5.82 Å². The van der Waals surface area contributed by atoms with Crippen molar-refractivity contribution in [2.75, 3.05) is 38.6 Å². The first-order chi connectivity index (χ1) is 8.58. The molecule has 102 valence electrons. The van der Waals surface area contributed by atoms with Crippen molar-refractivity contribution in [2.24, 2.45) is 0 Å². The van der Waals surface area contributed by atoms with Crippen molar-refractivity contribution in [3.63, 3.8) is 0 Å². The Morgan fingerprint density at radius 2 is 1.89 bits per heavy atom. The number of hydrogen-bond donors (Lipinski definition) is 0. The Morgan fingerprint density at radius 1 is 1.17 bits per heavy atom. The molecule has 0 saturated heterocycles. The van der Waals surface area contributed by atoms with Crippen molar-refractivity contribution in [3.8, 4) is 0 Å². The van der Waals surface area contributed by atoms with Crippen LogP contribution in [0.1, 0.15) is 18.9 Å². The zero-order valence-corrected chi connectivity index (χ0v) is 12.2. The van der Waals surface area contributed by atoms with E-state index in [1.54, 1.807) is 0 Å². The highest BCUT2D eigenvalue weighted by Crippen LogP contribution is 2.21. The predicted molar refractivity (Wildman–Crippen MR) is 77.0 cm³/mol. The lowest BCUT2D eigenvalue weighted by atomic mass is 10.2. The number of halogens is 2. The first kappa shape index (κ1) is 15.3. The molecule has 0 atom stereocenters. The summed E-state index contributed by atoms with van der Waals surface area (Å²) in [4.78, 5) is 4.20. The fourth-order valence-corrected chi connectivity index (χ4v) is 2.00. The number of benzene rings is 1. The lowest BCUT2D eigenvalue weighted by Gasteiger charge is -2.26. The summed E-state index contributed by atoms with van der Waals surface area (Å²) in [6.45, 7) is 4.72. The molecule has 0 aliphatic carbocycles. The third-order valence-corrected chi connectivity index (χ3v) is 3.13. The van der Waals surface area contributed by atoms with E-state index in [-0.39, 0.29) is 5.82 Å². The number of likely N-dealkylation sites (N-methyl/N-ethyl adjacent to an activating group) is 1. The van der Waals surface area contributed by atoms with Gasteiger partial charge >= 0.3 is 0 Å². The number of alkyl halides is 1. The maximum absolute atomic E-state index is 14.0. The summed E-state index contributed by atoms with van der Waals surface area (Å²) in [7, 11) is 4.05. The Bertz CT molecular complexity index is 369. The van der Waals surface area contributed by atoms with E-state index in [2.05, 4.69) is 16.7 Å². The zero-order chi connectivity index (χ0) is 13.5. The number of nitrogens with zero attached hydrogens (tertiary/aromatic N) is 2. The van der Waals surface area contributed by atoms with E-state index in [0.29, 0.717) is 11.6 Å². The Balaban J connectivity index is 2.84. The molecule has 0 saturated carbocycles. The average molecular weight is 273 g/mol. The smallest absolute Gasteiger partial charge is 0.146 e. The van der Waals surface area contributed by atoms with Crippen LogP contribution in [-0.2, 0) is 5.88 Å². The Morgan fingerprint density at radius 3 is 2.39 bits per heavy atom. The highest BCUT2D eigenvalue weighted by atomic mass is 35.5. The minimum Gasteiger partial charge on any atom is -0.368 e. The van der Waals surface area contributed by atoms with Gasteiger partial charge in [0.25, 0.3) is 0 Å². The molecule has 0 aromatic heterocycles. The van der Waals surface area contributed by atoms with Crippen LogP contribution in [0.2, 0.25) is 0 Å². The first-order valence-corrected chi connectivity index (χ1v) is 6.86. The third-order valence-electron chi connectivity index (χ3n) is 2.82. The van der Waals surface area contributed by atoms with Gasteiger partial charge in [-0.1, -0.05) is 13.0 Å². The highest BCUT2D eigenvalue weighted by Gasteiger charge is 2.11. The minimum atomic E-state index is -0.180. The van der Waals surface area contributed by atoms with Crippen molar-refractivity contribution in [1.29, 1.82) is 0 Å². The van der Waals surface area contributed by atoms with Crippen LogP contribution in [0.5, 0.6) is 0 Å². The van der Waals surface area contributed by atoms with Crippen LogP contribution in [0.3, 0.4) is 0 Å². The second-order valence-electron chi connectivity index (χ2n) is 4.71. The molecule has 0 spiro atoms. The van der Waals surface area contributed by atoms with Gasteiger partial charge in [0.05, 0.1) is 5.69 Å². The summed E-state index contributed by atoms with van der Waals surface area (Å²) in [6.07, 6.45) is 1.00. The second-order valence-corrected chi connectivity index (χ2v) is 4.98. The van der Waals surface area contributed by atoms with Crippen molar-refractivity contribution in [3.05, 3.63) is 29.6 Å². The quantitative estimate of drug-likeness (QED) is 0.703. The van der Waals surface area contributed by atoms with E-state index in [1.165, 1.54) is 6.07 Å². The molecule has 0 unspecified atom stereocenters. The Labute approximate surface area is 114 Å². The fraction of sp³-hybridized carbons (Fsp3) is 0.571. The summed E-state index contributed by atoms with van der Waals surface area (Å²) >= 11 is 5.71. The molecule has 0 radical (unpaired) electrons. The van der Waals surface area contributed by atoms with Gasteiger partial charge in [0.2, 0.25) is 0 Å². The third kappa shape index (κ3) is 4.46. The fourth-order valence-electron chi connectivity index (χ4n) is 1.83. The van der Waals surface area contributed by atoms with Gasteiger partial charge in [0.15, 0.2) is 0 Å². The van der Waals surface area contributed by atoms with Gasteiger partial charge in [-0.05, 0) is 38.2 Å². The second kappa shape index (κ2) is 7.59. The molecular formula is C14H22ClFN2. The van der Waals surface area contributed by atoms with E-state index < -0.39 is 0 Å². The van der Waals surface area contributed by atoms with Crippen LogP contribution in [0.4, 0.5) is 10.1 Å². The summed E-state index contributed by atoms with van der Waals surface area (Å²) in [6, 6.07) is 5.25. The van der Waals surface area contributed by atoms with Crippen LogP contribution in [0.15, 0.2) is 18.2 Å². The van der Waals surface area contributed by atoms with Crippen LogP contribution < -0.4 is 4.90 Å². The minimum absolute atomic E-state index is 0.180. The SMILES string of the molecule is CCCN(CCN(C)C)c1ccc(CCl)cc1F. The van der Waals surface area contributed by atoms with E-state index in [4.69, 9.17) is 11.6 Å². The zero-order valence-electron chi connectivity index (χ0n) is 11.4. The molecule has 0 aliphatic heterocycles.